The quantitative estimate of drug-likeness (QED) is 0.807. The summed E-state index contributed by atoms with van der Waals surface area (Å²) in [6.07, 6.45) is 1.10. The second-order valence-electron chi connectivity index (χ2n) is 5.23. The van der Waals surface area contributed by atoms with Gasteiger partial charge in [-0.3, -0.25) is 9.59 Å². The summed E-state index contributed by atoms with van der Waals surface area (Å²) in [5.74, 6) is -1.75. The molecule has 6 heteroatoms. The van der Waals surface area contributed by atoms with Gasteiger partial charge in [0.15, 0.2) is 0 Å². The lowest BCUT2D eigenvalue weighted by molar-refractivity contribution is -0.150. The van der Waals surface area contributed by atoms with E-state index in [0.717, 1.165) is 5.56 Å². The Kier molecular flexibility index (Phi) is 5.52. The number of nitrogens with zero attached hydrogens (tertiary/aromatic N) is 1. The van der Waals surface area contributed by atoms with Gasteiger partial charge in [0, 0.05) is 13.0 Å². The van der Waals surface area contributed by atoms with Crippen LogP contribution in [0.4, 0.5) is 0 Å². The van der Waals surface area contributed by atoms with Crippen LogP contribution < -0.4 is 0 Å². The third kappa shape index (κ3) is 4.31. The minimum Gasteiger partial charge on any atom is -0.480 e. The molecule has 1 fully saturated rings. The molecule has 118 valence electrons. The zero-order valence-corrected chi connectivity index (χ0v) is 12.2. The highest BCUT2D eigenvalue weighted by Crippen LogP contribution is 2.19. The number of rotatable bonds is 6. The first-order chi connectivity index (χ1) is 10.6. The van der Waals surface area contributed by atoms with Crippen molar-refractivity contribution in [1.82, 2.24) is 4.90 Å². The Balaban J connectivity index is 1.74. The monoisotopic (exact) mass is 305 g/mol. The lowest BCUT2D eigenvalue weighted by atomic mass is 10.2. The van der Waals surface area contributed by atoms with Crippen LogP contribution in [0.25, 0.3) is 0 Å². The van der Waals surface area contributed by atoms with Gasteiger partial charge in [-0.15, -0.1) is 0 Å². The zero-order valence-electron chi connectivity index (χ0n) is 12.2. The Morgan fingerprint density at radius 3 is 2.59 bits per heavy atom. The van der Waals surface area contributed by atoms with Crippen LogP contribution in [-0.2, 0) is 25.7 Å². The minimum absolute atomic E-state index is 0.0165. The van der Waals surface area contributed by atoms with Crippen LogP contribution in [0.3, 0.4) is 0 Å². The highest BCUT2D eigenvalue weighted by Gasteiger charge is 2.33. The number of likely N-dealkylation sites (tertiary alicyclic amines) is 1. The average Bonchev–Trinajstić information content (AvgIpc) is 3.01. The molecule has 22 heavy (non-hydrogen) atoms. The normalized spacial score (nSPS) is 17.3. The van der Waals surface area contributed by atoms with E-state index in [-0.39, 0.29) is 25.4 Å². The number of ether oxygens (including phenoxy) is 1. The van der Waals surface area contributed by atoms with E-state index >= 15 is 0 Å². The molecule has 6 nitrogen and oxygen atoms in total. The predicted molar refractivity (Wildman–Crippen MR) is 77.8 cm³/mol. The zero-order chi connectivity index (χ0) is 15.9. The Labute approximate surface area is 128 Å². The van der Waals surface area contributed by atoms with Crippen LogP contribution >= 0.6 is 0 Å². The molecule has 1 aliphatic heterocycles. The van der Waals surface area contributed by atoms with Gasteiger partial charge >= 0.3 is 11.9 Å². The molecule has 1 saturated heterocycles. The first-order valence-electron chi connectivity index (χ1n) is 7.30. The summed E-state index contributed by atoms with van der Waals surface area (Å²) in [7, 11) is 0. The second kappa shape index (κ2) is 7.59. The summed E-state index contributed by atoms with van der Waals surface area (Å²) in [5, 5.41) is 9.03. The van der Waals surface area contributed by atoms with Crippen molar-refractivity contribution in [3.8, 4) is 0 Å². The summed E-state index contributed by atoms with van der Waals surface area (Å²) < 4.78 is 5.09. The topological polar surface area (TPSA) is 83.9 Å². The van der Waals surface area contributed by atoms with Gasteiger partial charge in [-0.05, 0) is 18.4 Å². The van der Waals surface area contributed by atoms with Crippen LogP contribution in [0.15, 0.2) is 30.3 Å². The van der Waals surface area contributed by atoms with Gasteiger partial charge in [0.25, 0.3) is 0 Å². The molecule has 0 bridgehead atoms. The molecular weight excluding hydrogens is 286 g/mol. The number of carbonyl (C=O) groups excluding carboxylic acids is 2. The number of aliphatic carboxylic acids is 1. The molecule has 0 radical (unpaired) electrons. The highest BCUT2D eigenvalue weighted by molar-refractivity contribution is 5.86. The number of amides is 1. The standard InChI is InChI=1S/C16H19NO5/c18-14(17-10-4-7-13(17)16(20)21)8-9-15(19)22-11-12-5-2-1-3-6-12/h1-3,5-6,13H,4,7-11H2,(H,20,21)/t13-/m0/s1. The van der Waals surface area contributed by atoms with E-state index in [1.54, 1.807) is 0 Å². The van der Waals surface area contributed by atoms with Crippen LogP contribution in [0, 0.1) is 0 Å². The number of esters is 1. The van der Waals surface area contributed by atoms with Crippen molar-refractivity contribution in [3.63, 3.8) is 0 Å². The van der Waals surface area contributed by atoms with Gasteiger partial charge in [0.2, 0.25) is 5.91 Å². The third-order valence-corrected chi connectivity index (χ3v) is 3.64. The number of benzene rings is 1. The summed E-state index contributed by atoms with van der Waals surface area (Å²) in [6, 6.07) is 8.52. The van der Waals surface area contributed by atoms with Gasteiger partial charge < -0.3 is 14.7 Å². The lowest BCUT2D eigenvalue weighted by Crippen LogP contribution is -2.40. The van der Waals surface area contributed by atoms with Crippen molar-refractivity contribution in [2.45, 2.75) is 38.3 Å². The highest BCUT2D eigenvalue weighted by atomic mass is 16.5. The predicted octanol–water partition coefficient (Wildman–Crippen LogP) is 1.59. The molecular formula is C16H19NO5. The second-order valence-corrected chi connectivity index (χ2v) is 5.23. The van der Waals surface area contributed by atoms with Crippen LogP contribution in [0.2, 0.25) is 0 Å². The Bertz CT molecular complexity index is 543. The fourth-order valence-corrected chi connectivity index (χ4v) is 2.48. The largest absolute Gasteiger partial charge is 0.480 e. The first-order valence-corrected chi connectivity index (χ1v) is 7.30. The minimum atomic E-state index is -0.988. The summed E-state index contributed by atoms with van der Waals surface area (Å²) in [6.45, 7) is 0.615. The summed E-state index contributed by atoms with van der Waals surface area (Å²) in [5.41, 5.74) is 0.882. The molecule has 2 rings (SSSR count). The van der Waals surface area contributed by atoms with Crippen LogP contribution in [0.5, 0.6) is 0 Å². The number of carbonyl (C=O) groups is 3. The Morgan fingerprint density at radius 2 is 1.91 bits per heavy atom. The molecule has 1 aliphatic rings. The van der Waals surface area contributed by atoms with Crippen LogP contribution in [0.1, 0.15) is 31.2 Å². The molecule has 0 unspecified atom stereocenters. The molecule has 1 atom stereocenters. The molecule has 1 amide bonds. The van der Waals surface area contributed by atoms with E-state index in [0.29, 0.717) is 19.4 Å². The average molecular weight is 305 g/mol. The fraction of sp³-hybridized carbons (Fsp3) is 0.438. The molecule has 0 saturated carbocycles. The molecule has 0 aliphatic carbocycles. The first kappa shape index (κ1) is 16.0. The van der Waals surface area contributed by atoms with E-state index < -0.39 is 18.0 Å². The molecule has 1 aromatic rings. The van der Waals surface area contributed by atoms with Gasteiger partial charge in [0.1, 0.15) is 12.6 Å². The summed E-state index contributed by atoms with van der Waals surface area (Å²) >= 11 is 0. The fourth-order valence-electron chi connectivity index (χ4n) is 2.48. The maximum absolute atomic E-state index is 12.0. The maximum atomic E-state index is 12.0. The van der Waals surface area contributed by atoms with E-state index in [4.69, 9.17) is 9.84 Å². The smallest absolute Gasteiger partial charge is 0.326 e. The van der Waals surface area contributed by atoms with Gasteiger partial charge in [-0.25, -0.2) is 4.79 Å². The molecule has 1 heterocycles. The molecule has 0 spiro atoms. The van der Waals surface area contributed by atoms with Crippen molar-refractivity contribution < 1.29 is 24.2 Å². The van der Waals surface area contributed by atoms with E-state index in [9.17, 15) is 14.4 Å². The van der Waals surface area contributed by atoms with Crippen LogP contribution in [-0.4, -0.2) is 40.4 Å². The number of hydrogen-bond acceptors (Lipinski definition) is 4. The SMILES string of the molecule is O=C(CCC(=O)N1CCC[C@H]1C(=O)O)OCc1ccccc1. The van der Waals surface area contributed by atoms with Crippen molar-refractivity contribution >= 4 is 17.8 Å². The van der Waals surface area contributed by atoms with Crippen molar-refractivity contribution in [2.24, 2.45) is 0 Å². The lowest BCUT2D eigenvalue weighted by Gasteiger charge is -2.21. The Morgan fingerprint density at radius 1 is 1.18 bits per heavy atom. The summed E-state index contributed by atoms with van der Waals surface area (Å²) in [4.78, 5) is 36.0. The van der Waals surface area contributed by atoms with Crippen molar-refractivity contribution in [1.29, 1.82) is 0 Å². The van der Waals surface area contributed by atoms with Gasteiger partial charge in [-0.2, -0.15) is 0 Å². The molecule has 0 aromatic heterocycles. The number of carboxylic acid groups (broad SMARTS) is 1. The third-order valence-electron chi connectivity index (χ3n) is 3.64. The number of hydrogen-bond donors (Lipinski definition) is 1. The molecule has 1 N–H and O–H groups in total. The Hall–Kier alpha value is -2.37. The van der Waals surface area contributed by atoms with Crippen molar-refractivity contribution in [2.75, 3.05) is 6.54 Å². The maximum Gasteiger partial charge on any atom is 0.326 e. The van der Waals surface area contributed by atoms with Crippen molar-refractivity contribution in [3.05, 3.63) is 35.9 Å². The van der Waals surface area contributed by atoms with Gasteiger partial charge in [-0.1, -0.05) is 30.3 Å². The molecule has 1 aromatic carbocycles. The van der Waals surface area contributed by atoms with E-state index in [1.807, 2.05) is 30.3 Å². The van der Waals surface area contributed by atoms with E-state index in [1.165, 1.54) is 4.90 Å². The van der Waals surface area contributed by atoms with E-state index in [2.05, 4.69) is 0 Å². The number of carboxylic acids is 1. The van der Waals surface area contributed by atoms with Gasteiger partial charge in [0.05, 0.1) is 6.42 Å².